The van der Waals surface area contributed by atoms with Gasteiger partial charge in [-0.05, 0) is 29.3 Å². The van der Waals surface area contributed by atoms with Crippen LogP contribution in [0.2, 0.25) is 0 Å². The Balaban J connectivity index is 1.44. The molecule has 156 valence electrons. The van der Waals surface area contributed by atoms with E-state index in [1.165, 1.54) is 0 Å². The number of hydrogen-bond donors (Lipinski definition) is 2. The van der Waals surface area contributed by atoms with Gasteiger partial charge in [-0.1, -0.05) is 84.9 Å². The number of hydrazine groups is 1. The number of anilines is 1. The Hall–Kier alpha value is -3.76. The molecule has 4 heteroatoms. The molecule has 0 fully saturated rings. The summed E-state index contributed by atoms with van der Waals surface area (Å²) in [6.45, 7) is 1.63. The van der Waals surface area contributed by atoms with Crippen LogP contribution in [-0.2, 0) is 19.8 Å². The van der Waals surface area contributed by atoms with Crippen LogP contribution in [0.25, 0.3) is 0 Å². The van der Waals surface area contributed by atoms with Crippen LogP contribution < -0.4 is 20.3 Å². The van der Waals surface area contributed by atoms with Crippen molar-refractivity contribution in [1.29, 1.82) is 0 Å². The van der Waals surface area contributed by atoms with Gasteiger partial charge in [0.1, 0.15) is 24.7 Å². The lowest BCUT2D eigenvalue weighted by molar-refractivity contribution is 0.287. The molecule has 2 N–H and O–H groups in total. The van der Waals surface area contributed by atoms with Crippen LogP contribution in [0.4, 0.5) is 5.69 Å². The maximum Gasteiger partial charge on any atom is 0.128 e. The van der Waals surface area contributed by atoms with Crippen LogP contribution in [0.5, 0.6) is 11.5 Å². The summed E-state index contributed by atoms with van der Waals surface area (Å²) in [7, 11) is 0. The minimum absolute atomic E-state index is 0.502. The molecule has 0 radical (unpaired) electrons. The van der Waals surface area contributed by atoms with E-state index in [1.54, 1.807) is 0 Å². The van der Waals surface area contributed by atoms with Gasteiger partial charge in [0.05, 0.1) is 0 Å². The Morgan fingerprint density at radius 1 is 0.581 bits per heavy atom. The second-order valence-corrected chi connectivity index (χ2v) is 7.16. The topological polar surface area (TPSA) is 42.5 Å². The second-order valence-electron chi connectivity index (χ2n) is 7.16. The molecule has 0 bridgehead atoms. The zero-order valence-electron chi connectivity index (χ0n) is 17.3. The summed E-state index contributed by atoms with van der Waals surface area (Å²) in [4.78, 5) is 0. The van der Waals surface area contributed by atoms with E-state index in [1.807, 2.05) is 84.9 Å². The number of rotatable bonds is 10. The quantitative estimate of drug-likeness (QED) is 0.317. The minimum atomic E-state index is 0.502. The number of ether oxygens (including phenoxy) is 2. The van der Waals surface area contributed by atoms with Gasteiger partial charge in [-0.25, -0.2) is 5.43 Å². The first kappa shape index (κ1) is 20.5. The molecule has 0 aromatic heterocycles. The van der Waals surface area contributed by atoms with Crippen molar-refractivity contribution in [1.82, 2.24) is 5.43 Å². The van der Waals surface area contributed by atoms with E-state index in [-0.39, 0.29) is 0 Å². The minimum Gasteiger partial charge on any atom is -0.489 e. The molecule has 4 nitrogen and oxygen atoms in total. The largest absolute Gasteiger partial charge is 0.489 e. The summed E-state index contributed by atoms with van der Waals surface area (Å²) >= 11 is 0. The van der Waals surface area contributed by atoms with E-state index in [0.717, 1.165) is 33.9 Å². The molecule has 0 aliphatic heterocycles. The van der Waals surface area contributed by atoms with Crippen molar-refractivity contribution < 1.29 is 9.47 Å². The lowest BCUT2D eigenvalue weighted by atomic mass is 10.2. The third-order valence-electron chi connectivity index (χ3n) is 4.81. The maximum absolute atomic E-state index is 6.17. The van der Waals surface area contributed by atoms with Crippen LogP contribution in [0.1, 0.15) is 16.7 Å². The van der Waals surface area contributed by atoms with Crippen LogP contribution in [0, 0.1) is 0 Å². The predicted octanol–water partition coefficient (Wildman–Crippen LogP) is 5.96. The van der Waals surface area contributed by atoms with Crippen molar-refractivity contribution in [3.8, 4) is 11.5 Å². The van der Waals surface area contributed by atoms with Crippen molar-refractivity contribution in [2.75, 3.05) is 5.43 Å². The number of hydrogen-bond acceptors (Lipinski definition) is 4. The highest BCUT2D eigenvalue weighted by molar-refractivity contribution is 5.43. The third kappa shape index (κ3) is 6.36. The molecule has 31 heavy (non-hydrogen) atoms. The fourth-order valence-corrected chi connectivity index (χ4v) is 3.14. The zero-order chi connectivity index (χ0) is 21.1. The van der Waals surface area contributed by atoms with Gasteiger partial charge in [0, 0.05) is 23.9 Å². The highest BCUT2D eigenvalue weighted by Crippen LogP contribution is 2.27. The van der Waals surface area contributed by atoms with Gasteiger partial charge in [0.25, 0.3) is 0 Å². The van der Waals surface area contributed by atoms with Crippen LogP contribution in [0.15, 0.2) is 109 Å². The normalized spacial score (nSPS) is 10.5. The maximum atomic E-state index is 6.17. The van der Waals surface area contributed by atoms with Gasteiger partial charge in [0.2, 0.25) is 0 Å². The molecule has 0 unspecified atom stereocenters. The number of benzene rings is 4. The first-order valence-electron chi connectivity index (χ1n) is 10.4. The monoisotopic (exact) mass is 410 g/mol. The molecule has 4 aromatic rings. The summed E-state index contributed by atoms with van der Waals surface area (Å²) in [6, 6.07) is 36.3. The molecule has 0 heterocycles. The first-order valence-corrected chi connectivity index (χ1v) is 10.4. The lowest BCUT2D eigenvalue weighted by Crippen LogP contribution is -2.21. The Labute approximate surface area is 183 Å². The summed E-state index contributed by atoms with van der Waals surface area (Å²) in [5.74, 6) is 1.59. The molecule has 0 spiro atoms. The average Bonchev–Trinajstić information content (AvgIpc) is 2.84. The van der Waals surface area contributed by atoms with Gasteiger partial charge >= 0.3 is 0 Å². The molecular weight excluding hydrogens is 384 g/mol. The number of nitrogens with one attached hydrogen (secondary N) is 2. The van der Waals surface area contributed by atoms with Gasteiger partial charge in [-0.15, -0.1) is 0 Å². The Kier molecular flexibility index (Phi) is 7.18. The van der Waals surface area contributed by atoms with E-state index in [4.69, 9.17) is 9.47 Å². The van der Waals surface area contributed by atoms with Crippen molar-refractivity contribution in [3.63, 3.8) is 0 Å². The van der Waals surface area contributed by atoms with E-state index in [0.29, 0.717) is 19.8 Å². The van der Waals surface area contributed by atoms with Crippen molar-refractivity contribution in [2.24, 2.45) is 0 Å². The average molecular weight is 411 g/mol. The zero-order valence-corrected chi connectivity index (χ0v) is 17.3. The third-order valence-corrected chi connectivity index (χ3v) is 4.81. The Morgan fingerprint density at radius 3 is 1.81 bits per heavy atom. The summed E-state index contributed by atoms with van der Waals surface area (Å²) < 4.78 is 12.2. The van der Waals surface area contributed by atoms with Gasteiger partial charge in [-0.3, -0.25) is 0 Å². The van der Waals surface area contributed by atoms with Gasteiger partial charge in [0.15, 0.2) is 0 Å². The van der Waals surface area contributed by atoms with E-state index in [9.17, 15) is 0 Å². The molecule has 0 aliphatic carbocycles. The van der Waals surface area contributed by atoms with E-state index < -0.39 is 0 Å². The van der Waals surface area contributed by atoms with E-state index in [2.05, 4.69) is 35.1 Å². The predicted molar refractivity (Wildman–Crippen MR) is 125 cm³/mol. The van der Waals surface area contributed by atoms with Gasteiger partial charge in [-0.2, -0.15) is 0 Å². The molecule has 0 aliphatic rings. The summed E-state index contributed by atoms with van der Waals surface area (Å²) in [6.07, 6.45) is 0. The standard InChI is InChI=1S/C27H26N2O2/c1-4-10-22(11-5-1)20-30-26-17-16-24(19-28-29-25-14-8-3-9-15-25)27(18-26)31-21-23-12-6-2-7-13-23/h1-18,28-29H,19-21H2. The Bertz CT molecular complexity index is 1050. The van der Waals surface area contributed by atoms with Crippen molar-refractivity contribution in [2.45, 2.75) is 19.8 Å². The Morgan fingerprint density at radius 2 is 1.16 bits per heavy atom. The molecule has 0 saturated heterocycles. The first-order chi connectivity index (χ1) is 15.4. The molecule has 4 rings (SSSR count). The smallest absolute Gasteiger partial charge is 0.128 e. The molecule has 0 saturated carbocycles. The highest BCUT2D eigenvalue weighted by atomic mass is 16.5. The van der Waals surface area contributed by atoms with Crippen LogP contribution in [-0.4, -0.2) is 0 Å². The highest BCUT2D eigenvalue weighted by Gasteiger charge is 2.08. The summed E-state index contributed by atoms with van der Waals surface area (Å²) in [5, 5.41) is 0. The SMILES string of the molecule is c1ccc(COc2ccc(CNNc3ccccc3)c(OCc3ccccc3)c2)cc1. The molecule has 0 atom stereocenters. The lowest BCUT2D eigenvalue weighted by Gasteiger charge is -2.15. The fraction of sp³-hybridized carbons (Fsp3) is 0.111. The second kappa shape index (κ2) is 10.9. The fourth-order valence-electron chi connectivity index (χ4n) is 3.14. The number of para-hydroxylation sites is 1. The molecular formula is C27H26N2O2. The van der Waals surface area contributed by atoms with Crippen LogP contribution >= 0.6 is 0 Å². The van der Waals surface area contributed by atoms with Gasteiger partial charge < -0.3 is 14.9 Å². The molecule has 4 aromatic carbocycles. The summed E-state index contributed by atoms with van der Waals surface area (Å²) in [5.41, 5.74) is 10.8. The molecule has 0 amide bonds. The van der Waals surface area contributed by atoms with Crippen molar-refractivity contribution in [3.05, 3.63) is 126 Å². The van der Waals surface area contributed by atoms with Crippen LogP contribution in [0.3, 0.4) is 0 Å². The van der Waals surface area contributed by atoms with E-state index >= 15 is 0 Å². The van der Waals surface area contributed by atoms with Crippen molar-refractivity contribution >= 4 is 5.69 Å².